The summed E-state index contributed by atoms with van der Waals surface area (Å²) in [4.78, 5) is 0. The zero-order valence-electron chi connectivity index (χ0n) is 21.1. The molecule has 4 aromatic rings. The molecule has 0 fully saturated rings. The topological polar surface area (TPSA) is 18.5 Å². The Bertz CT molecular complexity index is 1460. The molecule has 208 valence electrons. The SMILES string of the molecule is CCCc1ccc(-c2ccc(C(F)(F)Oc3ccc(-c4cc(F)c(O/C=C/C(F)F)c(F)c4)cc3)c(F)c2)cc1. The van der Waals surface area contributed by atoms with Crippen LogP contribution >= 0.6 is 0 Å². The van der Waals surface area contributed by atoms with Crippen molar-refractivity contribution in [2.75, 3.05) is 0 Å². The molecule has 0 radical (unpaired) electrons. The molecule has 0 heterocycles. The van der Waals surface area contributed by atoms with Gasteiger partial charge < -0.3 is 9.47 Å². The molecule has 0 atom stereocenters. The third-order valence-electron chi connectivity index (χ3n) is 5.95. The van der Waals surface area contributed by atoms with Crippen LogP contribution < -0.4 is 9.47 Å². The monoisotopic (exact) mass is 560 g/mol. The summed E-state index contributed by atoms with van der Waals surface area (Å²) in [5.41, 5.74) is 1.55. The van der Waals surface area contributed by atoms with Gasteiger partial charge in [-0.2, -0.15) is 8.78 Å². The average molecular weight is 561 g/mol. The zero-order valence-corrected chi connectivity index (χ0v) is 21.1. The van der Waals surface area contributed by atoms with Gasteiger partial charge in [0, 0.05) is 6.08 Å². The highest BCUT2D eigenvalue weighted by Gasteiger charge is 2.37. The van der Waals surface area contributed by atoms with Gasteiger partial charge in [0.25, 0.3) is 6.43 Å². The standard InChI is InChI=1S/C31H23F7O2/c1-2-3-19-4-6-20(7-5-19)22-10-13-25(26(32)16-22)31(37,38)40-24-11-8-21(9-12-24)23-17-27(33)30(28(34)18-23)39-15-14-29(35)36/h4-18,29H,2-3H2,1H3/b15-14+. The van der Waals surface area contributed by atoms with Crippen LogP contribution in [0.4, 0.5) is 30.7 Å². The minimum Gasteiger partial charge on any atom is -0.459 e. The first-order valence-corrected chi connectivity index (χ1v) is 12.2. The van der Waals surface area contributed by atoms with E-state index in [-0.39, 0.29) is 16.9 Å². The van der Waals surface area contributed by atoms with E-state index in [0.29, 0.717) is 23.5 Å². The van der Waals surface area contributed by atoms with Gasteiger partial charge in [-0.25, -0.2) is 22.0 Å². The van der Waals surface area contributed by atoms with E-state index in [4.69, 9.17) is 4.74 Å². The van der Waals surface area contributed by atoms with Crippen LogP contribution in [0.15, 0.2) is 91.2 Å². The Hall–Kier alpha value is -4.27. The summed E-state index contributed by atoms with van der Waals surface area (Å²) in [7, 11) is 0. The van der Waals surface area contributed by atoms with E-state index >= 15 is 0 Å². The van der Waals surface area contributed by atoms with Crippen molar-refractivity contribution in [1.82, 2.24) is 0 Å². The number of benzene rings is 4. The fourth-order valence-electron chi connectivity index (χ4n) is 4.01. The molecule has 0 aliphatic carbocycles. The van der Waals surface area contributed by atoms with E-state index in [1.54, 1.807) is 12.1 Å². The van der Waals surface area contributed by atoms with Gasteiger partial charge in [0.1, 0.15) is 11.6 Å². The number of ether oxygens (including phenoxy) is 2. The van der Waals surface area contributed by atoms with Gasteiger partial charge in [-0.15, -0.1) is 0 Å². The van der Waals surface area contributed by atoms with Crippen molar-refractivity contribution >= 4 is 0 Å². The Morgan fingerprint density at radius 3 is 1.85 bits per heavy atom. The number of halogens is 7. The normalized spacial score (nSPS) is 11.8. The molecule has 4 aromatic carbocycles. The Morgan fingerprint density at radius 1 is 0.725 bits per heavy atom. The van der Waals surface area contributed by atoms with Crippen LogP contribution in [-0.2, 0) is 12.5 Å². The third-order valence-corrected chi connectivity index (χ3v) is 5.95. The lowest BCUT2D eigenvalue weighted by molar-refractivity contribution is -0.187. The lowest BCUT2D eigenvalue weighted by Gasteiger charge is -2.19. The van der Waals surface area contributed by atoms with Crippen molar-refractivity contribution in [1.29, 1.82) is 0 Å². The molecule has 0 aliphatic rings. The van der Waals surface area contributed by atoms with E-state index in [1.807, 2.05) is 12.1 Å². The largest absolute Gasteiger partial charge is 0.459 e. The minimum absolute atomic E-state index is 0.0304. The maximum absolute atomic E-state index is 14.9. The summed E-state index contributed by atoms with van der Waals surface area (Å²) >= 11 is 0. The van der Waals surface area contributed by atoms with Crippen molar-refractivity contribution in [3.05, 3.63) is 120 Å². The van der Waals surface area contributed by atoms with Crippen molar-refractivity contribution in [3.63, 3.8) is 0 Å². The Labute approximate surface area is 226 Å². The summed E-state index contributed by atoms with van der Waals surface area (Å²) in [5.74, 6) is -4.65. The Kier molecular flexibility index (Phi) is 8.82. The van der Waals surface area contributed by atoms with E-state index in [2.05, 4.69) is 11.7 Å². The fourth-order valence-corrected chi connectivity index (χ4v) is 4.01. The van der Waals surface area contributed by atoms with Crippen molar-refractivity contribution in [2.45, 2.75) is 32.3 Å². The van der Waals surface area contributed by atoms with Crippen LogP contribution in [0.5, 0.6) is 11.5 Å². The lowest BCUT2D eigenvalue weighted by Crippen LogP contribution is -2.23. The fraction of sp³-hybridized carbons (Fsp3) is 0.161. The van der Waals surface area contributed by atoms with Gasteiger partial charge in [-0.05, 0) is 70.6 Å². The summed E-state index contributed by atoms with van der Waals surface area (Å²) in [6, 6.07) is 17.4. The average Bonchev–Trinajstić information content (AvgIpc) is 2.90. The Balaban J connectivity index is 1.48. The summed E-state index contributed by atoms with van der Waals surface area (Å²) in [6.45, 7) is 2.05. The number of rotatable bonds is 10. The third kappa shape index (κ3) is 6.83. The van der Waals surface area contributed by atoms with E-state index < -0.39 is 41.3 Å². The highest BCUT2D eigenvalue weighted by atomic mass is 19.3. The van der Waals surface area contributed by atoms with Crippen LogP contribution in [0.2, 0.25) is 0 Å². The summed E-state index contributed by atoms with van der Waals surface area (Å²) in [5, 5.41) is 0. The molecule has 0 bridgehead atoms. The van der Waals surface area contributed by atoms with Crippen LogP contribution in [0.3, 0.4) is 0 Å². The molecule has 0 aromatic heterocycles. The Morgan fingerprint density at radius 2 is 1.27 bits per heavy atom. The molecule has 0 unspecified atom stereocenters. The van der Waals surface area contributed by atoms with Gasteiger partial charge in [0.05, 0.1) is 11.8 Å². The van der Waals surface area contributed by atoms with Crippen molar-refractivity contribution in [3.8, 4) is 33.8 Å². The second-order valence-electron chi connectivity index (χ2n) is 8.83. The molecule has 0 saturated heterocycles. The molecule has 0 spiro atoms. The predicted octanol–water partition coefficient (Wildman–Crippen LogP) is 9.68. The predicted molar refractivity (Wildman–Crippen MR) is 138 cm³/mol. The number of alkyl halides is 4. The second-order valence-corrected chi connectivity index (χ2v) is 8.83. The molecule has 0 amide bonds. The highest BCUT2D eigenvalue weighted by Crippen LogP contribution is 2.36. The number of hydrogen-bond acceptors (Lipinski definition) is 2. The summed E-state index contributed by atoms with van der Waals surface area (Å²) < 4.78 is 107. The van der Waals surface area contributed by atoms with Gasteiger partial charge in [-0.3, -0.25) is 0 Å². The molecule has 40 heavy (non-hydrogen) atoms. The molecule has 9 heteroatoms. The first-order chi connectivity index (χ1) is 19.1. The van der Waals surface area contributed by atoms with Gasteiger partial charge in [0.15, 0.2) is 17.4 Å². The van der Waals surface area contributed by atoms with E-state index in [0.717, 1.165) is 54.8 Å². The highest BCUT2D eigenvalue weighted by molar-refractivity contribution is 5.66. The first-order valence-electron chi connectivity index (χ1n) is 12.2. The molecular formula is C31H23F7O2. The van der Waals surface area contributed by atoms with Gasteiger partial charge in [-0.1, -0.05) is 55.8 Å². The van der Waals surface area contributed by atoms with Gasteiger partial charge in [0.2, 0.25) is 0 Å². The quantitative estimate of drug-likeness (QED) is 0.142. The van der Waals surface area contributed by atoms with Crippen molar-refractivity contribution in [2.24, 2.45) is 0 Å². The minimum atomic E-state index is -4.02. The van der Waals surface area contributed by atoms with Crippen LogP contribution in [0.1, 0.15) is 24.5 Å². The maximum atomic E-state index is 14.9. The van der Waals surface area contributed by atoms with Crippen LogP contribution in [-0.4, -0.2) is 6.43 Å². The maximum Gasteiger partial charge on any atom is 0.429 e. The summed E-state index contributed by atoms with van der Waals surface area (Å²) in [6.07, 6.45) is -4.21. The molecule has 2 nitrogen and oxygen atoms in total. The number of aryl methyl sites for hydroxylation is 1. The molecule has 0 N–H and O–H groups in total. The zero-order chi connectivity index (χ0) is 28.9. The van der Waals surface area contributed by atoms with E-state index in [9.17, 15) is 30.7 Å². The lowest BCUT2D eigenvalue weighted by atomic mass is 10.0. The molecular weight excluding hydrogens is 537 g/mol. The molecule has 0 saturated carbocycles. The van der Waals surface area contributed by atoms with Crippen LogP contribution in [0.25, 0.3) is 22.3 Å². The van der Waals surface area contributed by atoms with E-state index in [1.165, 1.54) is 18.2 Å². The number of hydrogen-bond donors (Lipinski definition) is 0. The molecule has 0 aliphatic heterocycles. The number of allylic oxidation sites excluding steroid dienone is 1. The smallest absolute Gasteiger partial charge is 0.429 e. The van der Waals surface area contributed by atoms with Crippen LogP contribution in [0, 0.1) is 17.5 Å². The first kappa shape index (κ1) is 28.7. The molecule has 4 rings (SSSR count). The van der Waals surface area contributed by atoms with Gasteiger partial charge >= 0.3 is 6.11 Å². The van der Waals surface area contributed by atoms with Crippen molar-refractivity contribution < 1.29 is 40.2 Å². The second kappa shape index (κ2) is 12.3.